The number of hydrogen-bond acceptors (Lipinski definition) is 2. The molecule has 0 aliphatic carbocycles. The molecule has 0 aliphatic heterocycles. The van der Waals surface area contributed by atoms with Crippen molar-refractivity contribution in [2.75, 3.05) is 11.9 Å². The highest BCUT2D eigenvalue weighted by Gasteiger charge is 2.10. The lowest BCUT2D eigenvalue weighted by molar-refractivity contribution is 0.731. The standard InChI is InChI=1S/C15H20N4S/c1-11-14(12(2)19(3)18-11)17-15(20)16-10-9-13-7-5-4-6-8-13/h4-8H,9-10H2,1-3H3,(H2,16,17,20). The van der Waals surface area contributed by atoms with Crippen LogP contribution in [0.2, 0.25) is 0 Å². The summed E-state index contributed by atoms with van der Waals surface area (Å²) >= 11 is 5.32. The van der Waals surface area contributed by atoms with Crippen LogP contribution in [0.4, 0.5) is 5.69 Å². The number of hydrogen-bond donors (Lipinski definition) is 2. The van der Waals surface area contributed by atoms with Gasteiger partial charge in [0.15, 0.2) is 5.11 Å². The van der Waals surface area contributed by atoms with E-state index in [1.54, 1.807) is 0 Å². The van der Waals surface area contributed by atoms with Crippen molar-refractivity contribution in [1.29, 1.82) is 0 Å². The molecule has 2 rings (SSSR count). The number of rotatable bonds is 4. The van der Waals surface area contributed by atoms with E-state index in [1.807, 2.05) is 43.8 Å². The van der Waals surface area contributed by atoms with Gasteiger partial charge < -0.3 is 10.6 Å². The molecule has 0 radical (unpaired) electrons. The quantitative estimate of drug-likeness (QED) is 0.849. The normalized spacial score (nSPS) is 10.3. The first-order valence-corrected chi connectivity index (χ1v) is 7.07. The van der Waals surface area contributed by atoms with Gasteiger partial charge in [0.1, 0.15) is 0 Å². The number of thiocarbonyl (C=S) groups is 1. The van der Waals surface area contributed by atoms with E-state index in [-0.39, 0.29) is 0 Å². The van der Waals surface area contributed by atoms with E-state index in [4.69, 9.17) is 12.2 Å². The van der Waals surface area contributed by atoms with Crippen LogP contribution in [0.1, 0.15) is 17.0 Å². The predicted molar refractivity (Wildman–Crippen MR) is 87.1 cm³/mol. The molecule has 4 nitrogen and oxygen atoms in total. The fraction of sp³-hybridized carbons (Fsp3) is 0.333. The number of anilines is 1. The third-order valence-corrected chi connectivity index (χ3v) is 3.54. The molecule has 0 saturated heterocycles. The summed E-state index contributed by atoms with van der Waals surface area (Å²) in [6.45, 7) is 4.81. The van der Waals surface area contributed by atoms with E-state index < -0.39 is 0 Å². The van der Waals surface area contributed by atoms with Crippen LogP contribution in [0.15, 0.2) is 30.3 Å². The molecule has 106 valence electrons. The molecule has 2 aromatic rings. The van der Waals surface area contributed by atoms with Gasteiger partial charge in [-0.15, -0.1) is 0 Å². The SMILES string of the molecule is Cc1nn(C)c(C)c1NC(=S)NCCc1ccccc1. The maximum atomic E-state index is 5.32. The van der Waals surface area contributed by atoms with Crippen LogP contribution in [0.3, 0.4) is 0 Å². The third kappa shape index (κ3) is 3.57. The molecule has 0 unspecified atom stereocenters. The maximum absolute atomic E-state index is 5.32. The maximum Gasteiger partial charge on any atom is 0.170 e. The van der Waals surface area contributed by atoms with Crippen LogP contribution in [-0.2, 0) is 13.5 Å². The molecule has 0 bridgehead atoms. The second-order valence-corrected chi connectivity index (χ2v) is 5.19. The van der Waals surface area contributed by atoms with Gasteiger partial charge in [0.05, 0.1) is 17.1 Å². The summed E-state index contributed by atoms with van der Waals surface area (Å²) in [7, 11) is 1.93. The fourth-order valence-corrected chi connectivity index (χ4v) is 2.28. The first-order chi connectivity index (χ1) is 9.58. The highest BCUT2D eigenvalue weighted by Crippen LogP contribution is 2.17. The Bertz CT molecular complexity index is 589. The van der Waals surface area contributed by atoms with Gasteiger partial charge in [-0.1, -0.05) is 30.3 Å². The first kappa shape index (κ1) is 14.5. The molecule has 0 fully saturated rings. The fourth-order valence-electron chi connectivity index (χ4n) is 2.08. The molecule has 0 atom stereocenters. The van der Waals surface area contributed by atoms with Gasteiger partial charge >= 0.3 is 0 Å². The number of benzene rings is 1. The Hall–Kier alpha value is -1.88. The molecule has 1 aromatic carbocycles. The van der Waals surface area contributed by atoms with Crippen molar-refractivity contribution in [2.45, 2.75) is 20.3 Å². The lowest BCUT2D eigenvalue weighted by Gasteiger charge is -2.10. The minimum absolute atomic E-state index is 0.639. The Balaban J connectivity index is 1.84. The molecular formula is C15H20N4S. The average molecular weight is 288 g/mol. The minimum Gasteiger partial charge on any atom is -0.362 e. The van der Waals surface area contributed by atoms with Crippen LogP contribution < -0.4 is 10.6 Å². The Kier molecular flexibility index (Phi) is 4.74. The van der Waals surface area contributed by atoms with E-state index >= 15 is 0 Å². The zero-order valence-electron chi connectivity index (χ0n) is 12.1. The number of nitrogens with zero attached hydrogens (tertiary/aromatic N) is 2. The van der Waals surface area contributed by atoms with E-state index in [9.17, 15) is 0 Å². The summed E-state index contributed by atoms with van der Waals surface area (Å²) in [6.07, 6.45) is 0.952. The molecule has 1 heterocycles. The number of aromatic nitrogens is 2. The summed E-state index contributed by atoms with van der Waals surface area (Å²) < 4.78 is 1.85. The second kappa shape index (κ2) is 6.52. The summed E-state index contributed by atoms with van der Waals surface area (Å²) in [4.78, 5) is 0. The summed E-state index contributed by atoms with van der Waals surface area (Å²) in [6, 6.07) is 10.4. The largest absolute Gasteiger partial charge is 0.362 e. The molecule has 5 heteroatoms. The molecular weight excluding hydrogens is 268 g/mol. The van der Waals surface area contributed by atoms with Crippen LogP contribution in [0.5, 0.6) is 0 Å². The molecule has 2 N–H and O–H groups in total. The second-order valence-electron chi connectivity index (χ2n) is 4.79. The molecule has 0 aliphatic rings. The zero-order chi connectivity index (χ0) is 14.5. The zero-order valence-corrected chi connectivity index (χ0v) is 12.9. The highest BCUT2D eigenvalue weighted by atomic mass is 32.1. The first-order valence-electron chi connectivity index (χ1n) is 6.67. The average Bonchev–Trinajstić information content (AvgIpc) is 2.67. The predicted octanol–water partition coefficient (Wildman–Crippen LogP) is 2.57. The van der Waals surface area contributed by atoms with Crippen LogP contribution in [-0.4, -0.2) is 21.4 Å². The van der Waals surface area contributed by atoms with Crippen molar-refractivity contribution in [3.8, 4) is 0 Å². The minimum atomic E-state index is 0.639. The van der Waals surface area contributed by atoms with E-state index in [0.29, 0.717) is 5.11 Å². The Morgan fingerprint density at radius 2 is 1.95 bits per heavy atom. The summed E-state index contributed by atoms with van der Waals surface area (Å²) in [5, 5.41) is 11.4. The Morgan fingerprint density at radius 3 is 2.55 bits per heavy atom. The Labute approximate surface area is 125 Å². The van der Waals surface area contributed by atoms with Gasteiger partial charge in [0, 0.05) is 13.6 Å². The molecule has 20 heavy (non-hydrogen) atoms. The molecule has 0 spiro atoms. The smallest absolute Gasteiger partial charge is 0.170 e. The van der Waals surface area contributed by atoms with Gasteiger partial charge in [0.25, 0.3) is 0 Å². The van der Waals surface area contributed by atoms with Crippen LogP contribution in [0.25, 0.3) is 0 Å². The van der Waals surface area contributed by atoms with Gasteiger partial charge in [-0.3, -0.25) is 4.68 Å². The van der Waals surface area contributed by atoms with Crippen molar-refractivity contribution < 1.29 is 0 Å². The topological polar surface area (TPSA) is 41.9 Å². The molecule has 0 amide bonds. The number of nitrogens with one attached hydrogen (secondary N) is 2. The van der Waals surface area contributed by atoms with E-state index in [0.717, 1.165) is 30.0 Å². The van der Waals surface area contributed by atoms with E-state index in [1.165, 1.54) is 5.56 Å². The van der Waals surface area contributed by atoms with Gasteiger partial charge in [-0.05, 0) is 38.0 Å². The Morgan fingerprint density at radius 1 is 1.25 bits per heavy atom. The monoisotopic (exact) mass is 288 g/mol. The van der Waals surface area contributed by atoms with Crippen molar-refractivity contribution in [1.82, 2.24) is 15.1 Å². The van der Waals surface area contributed by atoms with Crippen LogP contribution in [0, 0.1) is 13.8 Å². The summed E-state index contributed by atoms with van der Waals surface area (Å²) in [5.74, 6) is 0. The van der Waals surface area contributed by atoms with Gasteiger partial charge in [-0.2, -0.15) is 5.10 Å². The summed E-state index contributed by atoms with van der Waals surface area (Å²) in [5.41, 5.74) is 4.33. The van der Waals surface area contributed by atoms with Crippen molar-refractivity contribution in [3.63, 3.8) is 0 Å². The number of aryl methyl sites for hydroxylation is 2. The van der Waals surface area contributed by atoms with Crippen molar-refractivity contribution in [2.24, 2.45) is 7.05 Å². The lowest BCUT2D eigenvalue weighted by Crippen LogP contribution is -2.30. The van der Waals surface area contributed by atoms with Crippen molar-refractivity contribution in [3.05, 3.63) is 47.3 Å². The highest BCUT2D eigenvalue weighted by molar-refractivity contribution is 7.80. The lowest BCUT2D eigenvalue weighted by atomic mass is 10.1. The van der Waals surface area contributed by atoms with Crippen LogP contribution >= 0.6 is 12.2 Å². The molecule has 1 aromatic heterocycles. The van der Waals surface area contributed by atoms with Crippen molar-refractivity contribution >= 4 is 23.0 Å². The van der Waals surface area contributed by atoms with E-state index in [2.05, 4.69) is 27.9 Å². The third-order valence-electron chi connectivity index (χ3n) is 3.29. The van der Waals surface area contributed by atoms with Gasteiger partial charge in [0.2, 0.25) is 0 Å². The van der Waals surface area contributed by atoms with Gasteiger partial charge in [-0.25, -0.2) is 0 Å². The molecule has 0 saturated carbocycles.